The molecule has 20 heavy (non-hydrogen) atoms. The van der Waals surface area contributed by atoms with E-state index in [0.29, 0.717) is 24.5 Å². The molecule has 1 N–H and O–H groups in total. The fourth-order valence-electron chi connectivity index (χ4n) is 1.81. The maximum absolute atomic E-state index is 11.8. The summed E-state index contributed by atoms with van der Waals surface area (Å²) in [6.07, 6.45) is 3.86. The SMILES string of the molecule is CCn1ccc(CNC(=O)CCn2ncc(Cl)c2C)n1. The number of amides is 1. The van der Waals surface area contributed by atoms with E-state index in [1.165, 1.54) is 0 Å². The van der Waals surface area contributed by atoms with Crippen molar-refractivity contribution in [1.29, 1.82) is 0 Å². The third-order valence-corrected chi connectivity index (χ3v) is 3.45. The summed E-state index contributed by atoms with van der Waals surface area (Å²) >= 11 is 5.91. The van der Waals surface area contributed by atoms with Gasteiger partial charge in [-0.1, -0.05) is 11.6 Å². The molecule has 0 unspecified atom stereocenters. The first-order valence-corrected chi connectivity index (χ1v) is 6.95. The van der Waals surface area contributed by atoms with Crippen LogP contribution in [0.1, 0.15) is 24.7 Å². The van der Waals surface area contributed by atoms with Gasteiger partial charge in [-0.15, -0.1) is 0 Å². The normalized spacial score (nSPS) is 10.8. The van der Waals surface area contributed by atoms with Crippen LogP contribution in [0.3, 0.4) is 0 Å². The lowest BCUT2D eigenvalue weighted by molar-refractivity contribution is -0.121. The Morgan fingerprint density at radius 1 is 1.50 bits per heavy atom. The summed E-state index contributed by atoms with van der Waals surface area (Å²) in [7, 11) is 0. The molecule has 0 saturated heterocycles. The Kier molecular flexibility index (Phi) is 4.79. The maximum atomic E-state index is 11.8. The Balaban J connectivity index is 1.77. The smallest absolute Gasteiger partial charge is 0.222 e. The minimum atomic E-state index is -0.0259. The summed E-state index contributed by atoms with van der Waals surface area (Å²) in [6, 6.07) is 1.90. The molecule has 0 saturated carbocycles. The number of rotatable bonds is 6. The first-order valence-electron chi connectivity index (χ1n) is 6.57. The number of nitrogens with zero attached hydrogens (tertiary/aromatic N) is 4. The summed E-state index contributed by atoms with van der Waals surface area (Å²) in [5.74, 6) is -0.0259. The van der Waals surface area contributed by atoms with Crippen molar-refractivity contribution in [3.8, 4) is 0 Å². The van der Waals surface area contributed by atoms with Crippen LogP contribution in [0.15, 0.2) is 18.5 Å². The summed E-state index contributed by atoms with van der Waals surface area (Å²) in [5, 5.41) is 11.9. The van der Waals surface area contributed by atoms with Gasteiger partial charge in [0.15, 0.2) is 0 Å². The molecule has 2 aromatic heterocycles. The summed E-state index contributed by atoms with van der Waals surface area (Å²) in [4.78, 5) is 11.8. The van der Waals surface area contributed by atoms with Crippen molar-refractivity contribution in [2.75, 3.05) is 0 Å². The van der Waals surface area contributed by atoms with Crippen molar-refractivity contribution in [2.45, 2.75) is 39.9 Å². The second-order valence-corrected chi connectivity index (χ2v) is 4.90. The Hall–Kier alpha value is -1.82. The highest BCUT2D eigenvalue weighted by atomic mass is 35.5. The Morgan fingerprint density at radius 3 is 2.90 bits per heavy atom. The summed E-state index contributed by atoms with van der Waals surface area (Å²) < 4.78 is 3.56. The van der Waals surface area contributed by atoms with E-state index >= 15 is 0 Å². The Morgan fingerprint density at radius 2 is 2.30 bits per heavy atom. The minimum Gasteiger partial charge on any atom is -0.350 e. The molecule has 2 heterocycles. The summed E-state index contributed by atoms with van der Waals surface area (Å²) in [6.45, 7) is 5.70. The molecule has 0 aromatic carbocycles. The predicted molar refractivity (Wildman–Crippen MR) is 76.3 cm³/mol. The van der Waals surface area contributed by atoms with Gasteiger partial charge < -0.3 is 5.32 Å². The molecule has 0 spiro atoms. The van der Waals surface area contributed by atoms with Crippen molar-refractivity contribution >= 4 is 17.5 Å². The van der Waals surface area contributed by atoms with E-state index in [1.807, 2.05) is 30.8 Å². The highest BCUT2D eigenvalue weighted by molar-refractivity contribution is 6.31. The second-order valence-electron chi connectivity index (χ2n) is 4.49. The van der Waals surface area contributed by atoms with Crippen LogP contribution in [0.5, 0.6) is 0 Å². The van der Waals surface area contributed by atoms with E-state index in [4.69, 9.17) is 11.6 Å². The first kappa shape index (κ1) is 14.6. The van der Waals surface area contributed by atoms with E-state index in [0.717, 1.165) is 17.9 Å². The van der Waals surface area contributed by atoms with Gasteiger partial charge in [0.05, 0.1) is 35.7 Å². The largest absolute Gasteiger partial charge is 0.350 e. The highest BCUT2D eigenvalue weighted by Crippen LogP contribution is 2.13. The molecule has 6 nitrogen and oxygen atoms in total. The van der Waals surface area contributed by atoms with Crippen LogP contribution in [-0.2, 0) is 24.4 Å². The lowest BCUT2D eigenvalue weighted by Gasteiger charge is -2.05. The van der Waals surface area contributed by atoms with E-state index in [-0.39, 0.29) is 5.91 Å². The quantitative estimate of drug-likeness (QED) is 0.883. The Bertz CT molecular complexity index is 589. The van der Waals surface area contributed by atoms with Gasteiger partial charge in [0.25, 0.3) is 0 Å². The molecule has 0 aliphatic heterocycles. The highest BCUT2D eigenvalue weighted by Gasteiger charge is 2.07. The lowest BCUT2D eigenvalue weighted by atomic mass is 10.3. The number of hydrogen-bond donors (Lipinski definition) is 1. The maximum Gasteiger partial charge on any atom is 0.222 e. The van der Waals surface area contributed by atoms with Crippen molar-refractivity contribution < 1.29 is 4.79 Å². The molecule has 0 aliphatic carbocycles. The van der Waals surface area contributed by atoms with Gasteiger partial charge in [0.1, 0.15) is 0 Å². The zero-order valence-corrected chi connectivity index (χ0v) is 12.4. The number of carbonyl (C=O) groups excluding carboxylic acids is 1. The average Bonchev–Trinajstić information content (AvgIpc) is 3.03. The van der Waals surface area contributed by atoms with Gasteiger partial charge >= 0.3 is 0 Å². The molecule has 2 rings (SSSR count). The van der Waals surface area contributed by atoms with Crippen molar-refractivity contribution in [2.24, 2.45) is 0 Å². The van der Waals surface area contributed by atoms with Crippen LogP contribution < -0.4 is 5.32 Å². The monoisotopic (exact) mass is 295 g/mol. The number of nitrogens with one attached hydrogen (secondary N) is 1. The van der Waals surface area contributed by atoms with Crippen LogP contribution in [0.2, 0.25) is 5.02 Å². The van der Waals surface area contributed by atoms with Crippen molar-refractivity contribution in [3.63, 3.8) is 0 Å². The number of aryl methyl sites for hydroxylation is 2. The van der Waals surface area contributed by atoms with E-state index in [1.54, 1.807) is 10.9 Å². The standard InChI is InChI=1S/C13H18ClN5O/c1-3-18-6-4-11(17-18)8-15-13(20)5-7-19-10(2)12(14)9-16-19/h4,6,9H,3,5,7-8H2,1-2H3,(H,15,20). The zero-order chi connectivity index (χ0) is 14.5. The number of carbonyl (C=O) groups is 1. The Labute approximate surface area is 122 Å². The van der Waals surface area contributed by atoms with Crippen LogP contribution in [-0.4, -0.2) is 25.5 Å². The molecule has 0 aliphatic rings. The second kappa shape index (κ2) is 6.56. The number of hydrogen-bond acceptors (Lipinski definition) is 3. The van der Waals surface area contributed by atoms with Crippen LogP contribution in [0, 0.1) is 6.92 Å². The number of halogens is 1. The molecule has 1 amide bonds. The summed E-state index contributed by atoms with van der Waals surface area (Å²) in [5.41, 5.74) is 1.74. The topological polar surface area (TPSA) is 64.7 Å². The fourth-order valence-corrected chi connectivity index (χ4v) is 1.95. The predicted octanol–water partition coefficient (Wildman–Crippen LogP) is 1.77. The van der Waals surface area contributed by atoms with E-state index < -0.39 is 0 Å². The van der Waals surface area contributed by atoms with Gasteiger partial charge in [-0.2, -0.15) is 10.2 Å². The first-order chi connectivity index (χ1) is 9.60. The third-order valence-electron chi connectivity index (χ3n) is 3.08. The lowest BCUT2D eigenvalue weighted by Crippen LogP contribution is -2.24. The molecule has 7 heteroatoms. The van der Waals surface area contributed by atoms with E-state index in [2.05, 4.69) is 15.5 Å². The van der Waals surface area contributed by atoms with Crippen LogP contribution in [0.4, 0.5) is 0 Å². The molecular formula is C13H18ClN5O. The number of aromatic nitrogens is 4. The van der Waals surface area contributed by atoms with Crippen LogP contribution in [0.25, 0.3) is 0 Å². The van der Waals surface area contributed by atoms with Gasteiger partial charge in [0.2, 0.25) is 5.91 Å². The third kappa shape index (κ3) is 3.60. The molecule has 0 fully saturated rings. The zero-order valence-electron chi connectivity index (χ0n) is 11.6. The molecule has 108 valence electrons. The molecule has 0 atom stereocenters. The van der Waals surface area contributed by atoms with Gasteiger partial charge in [-0.25, -0.2) is 0 Å². The van der Waals surface area contributed by atoms with Crippen molar-refractivity contribution in [1.82, 2.24) is 24.9 Å². The van der Waals surface area contributed by atoms with Crippen molar-refractivity contribution in [3.05, 3.63) is 34.9 Å². The van der Waals surface area contributed by atoms with Gasteiger partial charge in [0, 0.05) is 19.2 Å². The molecule has 0 radical (unpaired) electrons. The van der Waals surface area contributed by atoms with Gasteiger partial charge in [-0.05, 0) is 19.9 Å². The minimum absolute atomic E-state index is 0.0259. The molecule has 0 bridgehead atoms. The molecular weight excluding hydrogens is 278 g/mol. The molecule has 2 aromatic rings. The average molecular weight is 296 g/mol. The van der Waals surface area contributed by atoms with Crippen LogP contribution >= 0.6 is 11.6 Å². The van der Waals surface area contributed by atoms with Gasteiger partial charge in [-0.3, -0.25) is 14.2 Å². The fraction of sp³-hybridized carbons (Fsp3) is 0.462. The van der Waals surface area contributed by atoms with E-state index in [9.17, 15) is 4.79 Å².